The monoisotopic (exact) mass is 315 g/mol. The zero-order valence-corrected chi connectivity index (χ0v) is 13.0. The maximum absolute atomic E-state index is 12.3. The van der Waals surface area contributed by atoms with Crippen molar-refractivity contribution in [1.82, 2.24) is 14.8 Å². The summed E-state index contributed by atoms with van der Waals surface area (Å²) in [5.74, 6) is 0. The SMILES string of the molecule is CCc1nnc(NS(=O)(=O)c2cc(CN)n(CC)c2)s1. The molecule has 2 rings (SSSR count). The fraction of sp³-hybridized carbons (Fsp3) is 0.455. The van der Waals surface area contributed by atoms with Crippen LogP contribution in [0.2, 0.25) is 0 Å². The van der Waals surface area contributed by atoms with Gasteiger partial charge in [0.05, 0.1) is 0 Å². The molecule has 0 radical (unpaired) electrons. The minimum Gasteiger partial charge on any atom is -0.349 e. The Kier molecular flexibility index (Phi) is 4.41. The number of nitrogens with two attached hydrogens (primary N) is 1. The minimum atomic E-state index is -3.65. The Balaban J connectivity index is 2.27. The molecule has 0 atom stereocenters. The van der Waals surface area contributed by atoms with E-state index in [0.29, 0.717) is 13.1 Å². The van der Waals surface area contributed by atoms with E-state index in [9.17, 15) is 8.42 Å². The molecule has 110 valence electrons. The van der Waals surface area contributed by atoms with Crippen molar-refractivity contribution < 1.29 is 8.42 Å². The Bertz CT molecular complexity index is 668. The standard InChI is InChI=1S/C11H17N5O2S2/c1-3-10-13-14-11(19-10)15-20(17,18)9-5-8(6-12)16(4-2)7-9/h5,7H,3-4,6,12H2,1-2H3,(H,14,15). The highest BCUT2D eigenvalue weighted by atomic mass is 32.2. The highest BCUT2D eigenvalue weighted by molar-refractivity contribution is 7.93. The highest BCUT2D eigenvalue weighted by Gasteiger charge is 2.19. The van der Waals surface area contributed by atoms with Gasteiger partial charge in [-0.15, -0.1) is 10.2 Å². The van der Waals surface area contributed by atoms with E-state index in [2.05, 4.69) is 14.9 Å². The first kappa shape index (κ1) is 14.9. The summed E-state index contributed by atoms with van der Waals surface area (Å²) < 4.78 is 28.8. The maximum Gasteiger partial charge on any atom is 0.265 e. The summed E-state index contributed by atoms with van der Waals surface area (Å²) >= 11 is 1.23. The summed E-state index contributed by atoms with van der Waals surface area (Å²) in [6.45, 7) is 4.83. The number of aryl methyl sites for hydroxylation is 2. The second-order valence-corrected chi connectivity index (χ2v) is 6.86. The lowest BCUT2D eigenvalue weighted by molar-refractivity contribution is 0.600. The number of anilines is 1. The molecular formula is C11H17N5O2S2. The number of nitrogens with one attached hydrogen (secondary N) is 1. The zero-order chi connectivity index (χ0) is 14.8. The zero-order valence-electron chi connectivity index (χ0n) is 11.3. The fourth-order valence-electron chi connectivity index (χ4n) is 1.75. The van der Waals surface area contributed by atoms with Crippen LogP contribution in [0.1, 0.15) is 24.5 Å². The summed E-state index contributed by atoms with van der Waals surface area (Å²) in [5.41, 5.74) is 6.38. The Labute approximate surface area is 121 Å². The molecule has 0 aliphatic heterocycles. The van der Waals surface area contributed by atoms with E-state index >= 15 is 0 Å². The van der Waals surface area contributed by atoms with Crippen molar-refractivity contribution in [3.63, 3.8) is 0 Å². The number of aromatic nitrogens is 3. The van der Waals surface area contributed by atoms with Gasteiger partial charge in [-0.25, -0.2) is 8.42 Å². The van der Waals surface area contributed by atoms with E-state index in [4.69, 9.17) is 5.73 Å². The summed E-state index contributed by atoms with van der Waals surface area (Å²) in [6, 6.07) is 1.58. The van der Waals surface area contributed by atoms with Crippen LogP contribution in [0.5, 0.6) is 0 Å². The van der Waals surface area contributed by atoms with Gasteiger partial charge in [-0.05, 0) is 19.4 Å². The van der Waals surface area contributed by atoms with Crippen molar-refractivity contribution in [2.75, 3.05) is 4.72 Å². The predicted molar refractivity (Wildman–Crippen MR) is 78.1 cm³/mol. The summed E-state index contributed by atoms with van der Waals surface area (Å²) in [4.78, 5) is 0.188. The van der Waals surface area contributed by atoms with E-state index in [0.717, 1.165) is 17.1 Å². The van der Waals surface area contributed by atoms with Gasteiger partial charge in [-0.1, -0.05) is 18.3 Å². The molecule has 0 bridgehead atoms. The van der Waals surface area contributed by atoms with Crippen LogP contribution in [0, 0.1) is 0 Å². The second-order valence-electron chi connectivity index (χ2n) is 4.12. The van der Waals surface area contributed by atoms with Crippen molar-refractivity contribution in [3.05, 3.63) is 23.0 Å². The van der Waals surface area contributed by atoms with Crippen LogP contribution >= 0.6 is 11.3 Å². The topological polar surface area (TPSA) is 103 Å². The van der Waals surface area contributed by atoms with Crippen molar-refractivity contribution in [2.24, 2.45) is 5.73 Å². The molecule has 0 aliphatic rings. The summed E-state index contributed by atoms with van der Waals surface area (Å²) in [7, 11) is -3.65. The van der Waals surface area contributed by atoms with Gasteiger partial charge in [0, 0.05) is 25.0 Å². The van der Waals surface area contributed by atoms with Gasteiger partial charge >= 0.3 is 0 Å². The van der Waals surface area contributed by atoms with Crippen molar-refractivity contribution in [2.45, 2.75) is 38.3 Å². The first-order chi connectivity index (χ1) is 9.50. The van der Waals surface area contributed by atoms with Crippen LogP contribution in [-0.2, 0) is 29.5 Å². The minimum absolute atomic E-state index is 0.188. The lowest BCUT2D eigenvalue weighted by Gasteiger charge is -2.02. The second kappa shape index (κ2) is 5.90. The summed E-state index contributed by atoms with van der Waals surface area (Å²) in [5, 5.41) is 8.76. The molecule has 0 fully saturated rings. The fourth-order valence-corrected chi connectivity index (χ4v) is 3.72. The molecule has 7 nitrogen and oxygen atoms in total. The Hall–Kier alpha value is -1.45. The first-order valence-electron chi connectivity index (χ1n) is 6.24. The maximum atomic E-state index is 12.3. The van der Waals surface area contributed by atoms with E-state index in [1.165, 1.54) is 11.3 Å². The Morgan fingerprint density at radius 2 is 2.15 bits per heavy atom. The molecule has 0 unspecified atom stereocenters. The number of hydrogen-bond donors (Lipinski definition) is 2. The van der Waals surface area contributed by atoms with Crippen LogP contribution in [-0.4, -0.2) is 23.2 Å². The number of nitrogens with zero attached hydrogens (tertiary/aromatic N) is 3. The van der Waals surface area contributed by atoms with Crippen molar-refractivity contribution in [3.8, 4) is 0 Å². The molecule has 20 heavy (non-hydrogen) atoms. The third-order valence-corrected chi connectivity index (χ3v) is 5.23. The number of rotatable bonds is 6. The molecule has 9 heteroatoms. The molecular weight excluding hydrogens is 298 g/mol. The Morgan fingerprint density at radius 3 is 2.65 bits per heavy atom. The largest absolute Gasteiger partial charge is 0.349 e. The van der Waals surface area contributed by atoms with Gasteiger partial charge in [0.1, 0.15) is 9.90 Å². The third-order valence-electron chi connectivity index (χ3n) is 2.81. The average Bonchev–Trinajstić information content (AvgIpc) is 3.03. The molecule has 3 N–H and O–H groups in total. The van der Waals surface area contributed by atoms with Gasteiger partial charge in [0.25, 0.3) is 10.0 Å². The van der Waals surface area contributed by atoms with Crippen LogP contribution in [0.4, 0.5) is 5.13 Å². The number of hydrogen-bond acceptors (Lipinski definition) is 6. The normalized spacial score (nSPS) is 11.8. The Morgan fingerprint density at radius 1 is 1.40 bits per heavy atom. The van der Waals surface area contributed by atoms with Gasteiger partial charge in [0.2, 0.25) is 5.13 Å². The average molecular weight is 315 g/mol. The van der Waals surface area contributed by atoms with Gasteiger partial charge < -0.3 is 10.3 Å². The van der Waals surface area contributed by atoms with Gasteiger partial charge in [-0.3, -0.25) is 4.72 Å². The number of sulfonamides is 1. The van der Waals surface area contributed by atoms with E-state index in [-0.39, 0.29) is 10.0 Å². The molecule has 0 saturated carbocycles. The molecule has 0 aromatic carbocycles. The predicted octanol–water partition coefficient (Wildman–Crippen LogP) is 1.18. The first-order valence-corrected chi connectivity index (χ1v) is 8.54. The molecule has 0 aliphatic carbocycles. The summed E-state index contributed by atoms with van der Waals surface area (Å²) in [6.07, 6.45) is 2.30. The van der Waals surface area contributed by atoms with Crippen molar-refractivity contribution >= 4 is 26.5 Å². The van der Waals surface area contributed by atoms with Crippen LogP contribution < -0.4 is 10.5 Å². The molecule has 0 amide bonds. The molecule has 2 aromatic rings. The lowest BCUT2D eigenvalue weighted by atomic mass is 10.4. The van der Waals surface area contributed by atoms with E-state index in [1.54, 1.807) is 12.3 Å². The molecule has 0 spiro atoms. The van der Waals surface area contributed by atoms with E-state index < -0.39 is 10.0 Å². The molecule has 2 aromatic heterocycles. The van der Waals surface area contributed by atoms with Crippen LogP contribution in [0.15, 0.2) is 17.2 Å². The third kappa shape index (κ3) is 3.00. The van der Waals surface area contributed by atoms with Gasteiger partial charge in [0.15, 0.2) is 0 Å². The molecule has 2 heterocycles. The van der Waals surface area contributed by atoms with Crippen LogP contribution in [0.3, 0.4) is 0 Å². The van der Waals surface area contributed by atoms with E-state index in [1.807, 2.05) is 18.4 Å². The quantitative estimate of drug-likeness (QED) is 0.833. The van der Waals surface area contributed by atoms with Crippen molar-refractivity contribution in [1.29, 1.82) is 0 Å². The molecule has 0 saturated heterocycles. The van der Waals surface area contributed by atoms with Crippen LogP contribution in [0.25, 0.3) is 0 Å². The smallest absolute Gasteiger partial charge is 0.265 e. The lowest BCUT2D eigenvalue weighted by Crippen LogP contribution is -2.12. The highest BCUT2D eigenvalue weighted by Crippen LogP contribution is 2.21. The van der Waals surface area contributed by atoms with Gasteiger partial charge in [-0.2, -0.15) is 0 Å².